The van der Waals surface area contributed by atoms with Gasteiger partial charge < -0.3 is 31.1 Å². The monoisotopic (exact) mass is 952 g/mol. The number of rotatable bonds is 10. The number of hydrogen-bond acceptors (Lipinski definition) is 9. The standard InChI is InChI=1S/C27H25ClN4O4.C23H17ClN4O4/c1-27(2,3)36-26(35)20-14-19(9-10-22(20)28)31(4)25(34)18-11-12-32-23(13-18)21(15-30-32)16-5-7-17(8-6-16)24(29)33;1-27(16-6-7-19(24)17(11-16)23(31)32)22(30)15-8-9-28-20(10-15)18(12-26-28)13-2-4-14(5-3-13)21(25)29/h5-15H,1-4H3,(H2,29,33);2-12H,1H3,(H2,25,29)(H,31,32). The molecule has 0 spiro atoms. The molecule has 0 saturated carbocycles. The number of pyridine rings is 2. The van der Waals surface area contributed by atoms with Crippen molar-refractivity contribution in [3.63, 3.8) is 0 Å². The lowest BCUT2D eigenvalue weighted by atomic mass is 10.0. The van der Waals surface area contributed by atoms with E-state index in [0.29, 0.717) is 44.7 Å². The fraction of sp³-hybridized carbons (Fsp3) is 0.120. The minimum absolute atomic E-state index is 0.0863. The highest BCUT2D eigenvalue weighted by atomic mass is 35.5. The first-order valence-corrected chi connectivity index (χ1v) is 21.3. The highest BCUT2D eigenvalue weighted by Gasteiger charge is 2.24. The predicted molar refractivity (Wildman–Crippen MR) is 259 cm³/mol. The number of aromatic carboxylic acids is 1. The molecule has 4 aromatic heterocycles. The molecule has 4 aromatic carbocycles. The molecule has 0 unspecified atom stereocenters. The summed E-state index contributed by atoms with van der Waals surface area (Å²) in [5.41, 5.74) is 17.2. The molecular weight excluding hydrogens is 912 g/mol. The number of anilines is 2. The van der Waals surface area contributed by atoms with E-state index in [9.17, 15) is 33.9 Å². The fourth-order valence-corrected chi connectivity index (χ4v) is 7.41. The first-order valence-electron chi connectivity index (χ1n) is 20.6. The summed E-state index contributed by atoms with van der Waals surface area (Å²) < 4.78 is 8.74. The first-order chi connectivity index (χ1) is 32.2. The summed E-state index contributed by atoms with van der Waals surface area (Å²) in [5, 5.41) is 18.3. The zero-order valence-corrected chi connectivity index (χ0v) is 38.6. The van der Waals surface area contributed by atoms with Crippen LogP contribution in [0.4, 0.5) is 11.4 Å². The van der Waals surface area contributed by atoms with Crippen LogP contribution in [0.15, 0.2) is 134 Å². The van der Waals surface area contributed by atoms with Crippen LogP contribution in [0.3, 0.4) is 0 Å². The molecule has 68 heavy (non-hydrogen) atoms. The average Bonchev–Trinajstić information content (AvgIpc) is 3.94. The SMILES string of the molecule is CN(C(=O)c1ccn2ncc(-c3ccc(C(N)=O)cc3)c2c1)c1ccc(Cl)c(C(=O)O)c1.CN(C(=O)c1ccn2ncc(-c3ccc(C(N)=O)cc3)c2c1)c1ccc(Cl)c(C(=O)OC(C)(C)C)c1. The summed E-state index contributed by atoms with van der Waals surface area (Å²) >= 11 is 12.2. The number of halogens is 2. The van der Waals surface area contributed by atoms with E-state index in [1.165, 1.54) is 28.0 Å². The van der Waals surface area contributed by atoms with E-state index in [2.05, 4.69) is 10.2 Å². The van der Waals surface area contributed by atoms with E-state index < -0.39 is 29.4 Å². The van der Waals surface area contributed by atoms with Crippen LogP contribution in [-0.2, 0) is 4.74 Å². The maximum Gasteiger partial charge on any atom is 0.340 e. The number of carbonyl (C=O) groups is 6. The Balaban J connectivity index is 0.000000203. The fourth-order valence-electron chi connectivity index (χ4n) is 7.02. The third-order valence-corrected chi connectivity index (χ3v) is 11.3. The van der Waals surface area contributed by atoms with Gasteiger partial charge in [0.2, 0.25) is 11.8 Å². The topological polar surface area (TPSA) is 225 Å². The Kier molecular flexibility index (Phi) is 13.5. The van der Waals surface area contributed by atoms with Gasteiger partial charge in [-0.15, -0.1) is 0 Å². The Hall–Kier alpha value is -8.34. The van der Waals surface area contributed by atoms with Crippen LogP contribution in [-0.4, -0.2) is 79.6 Å². The van der Waals surface area contributed by atoms with Crippen molar-refractivity contribution in [3.8, 4) is 22.3 Å². The molecule has 0 atom stereocenters. The molecule has 0 radical (unpaired) electrons. The zero-order chi connectivity index (χ0) is 49.2. The van der Waals surface area contributed by atoms with E-state index in [1.54, 1.807) is 160 Å². The van der Waals surface area contributed by atoms with E-state index >= 15 is 0 Å². The predicted octanol–water partition coefficient (Wildman–Crippen LogP) is 8.71. The lowest BCUT2D eigenvalue weighted by Gasteiger charge is -2.22. The second kappa shape index (κ2) is 19.2. The van der Waals surface area contributed by atoms with Crippen LogP contribution in [0.2, 0.25) is 10.0 Å². The van der Waals surface area contributed by atoms with Crippen LogP contribution in [0.5, 0.6) is 0 Å². The lowest BCUT2D eigenvalue weighted by molar-refractivity contribution is 0.00690. The maximum absolute atomic E-state index is 13.4. The molecule has 0 aliphatic carbocycles. The molecule has 18 heteroatoms. The van der Waals surface area contributed by atoms with Crippen molar-refractivity contribution < 1.29 is 38.6 Å². The van der Waals surface area contributed by atoms with Gasteiger partial charge in [0.1, 0.15) is 5.60 Å². The van der Waals surface area contributed by atoms with Gasteiger partial charge in [-0.25, -0.2) is 18.6 Å². The Bertz CT molecular complexity index is 3300. The molecular formula is C50H42Cl2N8O8. The minimum Gasteiger partial charge on any atom is -0.478 e. The number of nitrogens with zero attached hydrogens (tertiary/aromatic N) is 6. The number of benzene rings is 4. The molecule has 0 fully saturated rings. The van der Waals surface area contributed by atoms with E-state index in [0.717, 1.165) is 22.3 Å². The van der Waals surface area contributed by atoms with Crippen LogP contribution in [0, 0.1) is 0 Å². The van der Waals surface area contributed by atoms with E-state index in [1.807, 2.05) is 0 Å². The van der Waals surface area contributed by atoms with Gasteiger partial charge in [-0.2, -0.15) is 10.2 Å². The molecule has 8 rings (SSSR count). The molecule has 0 aliphatic heterocycles. The minimum atomic E-state index is -1.18. The van der Waals surface area contributed by atoms with Crippen molar-refractivity contribution in [2.75, 3.05) is 23.9 Å². The molecule has 0 saturated heterocycles. The van der Waals surface area contributed by atoms with Crippen molar-refractivity contribution >= 4 is 81.2 Å². The van der Waals surface area contributed by atoms with E-state index in [4.69, 9.17) is 39.4 Å². The zero-order valence-electron chi connectivity index (χ0n) is 37.1. The van der Waals surface area contributed by atoms with Crippen molar-refractivity contribution in [2.45, 2.75) is 26.4 Å². The Morgan fingerprint density at radius 2 is 0.971 bits per heavy atom. The van der Waals surface area contributed by atoms with Crippen LogP contribution in [0.1, 0.15) is 82.9 Å². The third kappa shape index (κ3) is 10.2. The normalized spacial score (nSPS) is 11.1. The van der Waals surface area contributed by atoms with Crippen molar-refractivity contribution in [2.24, 2.45) is 11.5 Å². The molecule has 344 valence electrons. The lowest BCUT2D eigenvalue weighted by Crippen LogP contribution is -2.27. The Labute approximate surface area is 398 Å². The Morgan fingerprint density at radius 3 is 1.35 bits per heavy atom. The van der Waals surface area contributed by atoms with Crippen molar-refractivity contribution in [3.05, 3.63) is 177 Å². The number of hydrogen-bond donors (Lipinski definition) is 3. The highest BCUT2D eigenvalue weighted by Crippen LogP contribution is 2.30. The number of carboxylic acid groups (broad SMARTS) is 1. The van der Waals surface area contributed by atoms with Gasteiger partial charge in [0.15, 0.2) is 0 Å². The van der Waals surface area contributed by atoms with Crippen molar-refractivity contribution in [1.82, 2.24) is 19.2 Å². The summed E-state index contributed by atoms with van der Waals surface area (Å²) in [6.07, 6.45) is 6.73. The summed E-state index contributed by atoms with van der Waals surface area (Å²) in [6, 6.07) is 29.5. The molecule has 16 nitrogen and oxygen atoms in total. The number of amides is 4. The van der Waals surface area contributed by atoms with Crippen LogP contribution in [0.25, 0.3) is 33.3 Å². The number of carbonyl (C=O) groups excluding carboxylic acids is 5. The number of primary amides is 2. The molecule has 8 aromatic rings. The van der Waals surface area contributed by atoms with E-state index in [-0.39, 0.29) is 33.0 Å². The van der Waals surface area contributed by atoms with Gasteiger partial charge in [0.25, 0.3) is 11.8 Å². The number of nitrogens with two attached hydrogens (primary N) is 2. The third-order valence-electron chi connectivity index (χ3n) is 10.6. The largest absolute Gasteiger partial charge is 0.478 e. The average molecular weight is 954 g/mol. The quantitative estimate of drug-likeness (QED) is 0.111. The summed E-state index contributed by atoms with van der Waals surface area (Å²) in [5.74, 6) is -3.38. The number of ether oxygens (including phenoxy) is 1. The number of carboxylic acids is 1. The van der Waals surface area contributed by atoms with Crippen LogP contribution < -0.4 is 21.3 Å². The van der Waals surface area contributed by atoms with Crippen molar-refractivity contribution in [1.29, 1.82) is 0 Å². The maximum atomic E-state index is 13.4. The van der Waals surface area contributed by atoms with Gasteiger partial charge in [-0.05, 0) is 117 Å². The van der Waals surface area contributed by atoms with Gasteiger partial charge in [-0.1, -0.05) is 47.5 Å². The molecule has 4 heterocycles. The summed E-state index contributed by atoms with van der Waals surface area (Å²) in [7, 11) is 3.18. The van der Waals surface area contributed by atoms with Crippen LogP contribution >= 0.6 is 23.2 Å². The van der Waals surface area contributed by atoms with Gasteiger partial charge in [-0.3, -0.25) is 19.2 Å². The second-order valence-electron chi connectivity index (χ2n) is 16.4. The smallest absolute Gasteiger partial charge is 0.340 e. The molecule has 4 amide bonds. The summed E-state index contributed by atoms with van der Waals surface area (Å²) in [6.45, 7) is 5.31. The Morgan fingerprint density at radius 1 is 0.574 bits per heavy atom. The first kappa shape index (κ1) is 47.6. The second-order valence-corrected chi connectivity index (χ2v) is 17.2. The number of esters is 1. The molecule has 5 N–H and O–H groups in total. The molecule has 0 aliphatic rings. The van der Waals surface area contributed by atoms with Gasteiger partial charge in [0, 0.05) is 71.2 Å². The number of aromatic nitrogens is 4. The van der Waals surface area contributed by atoms with Gasteiger partial charge in [0.05, 0.1) is 44.6 Å². The molecule has 0 bridgehead atoms. The number of fused-ring (bicyclic) bond motifs is 2. The summed E-state index contributed by atoms with van der Waals surface area (Å²) in [4.78, 5) is 75.9. The van der Waals surface area contributed by atoms with Gasteiger partial charge >= 0.3 is 11.9 Å². The highest BCUT2D eigenvalue weighted by molar-refractivity contribution is 6.34.